The molecule has 0 bridgehead atoms. The van der Waals surface area contributed by atoms with E-state index in [1.54, 1.807) is 0 Å². The van der Waals surface area contributed by atoms with Crippen LogP contribution in [-0.2, 0) is 6.42 Å². The van der Waals surface area contributed by atoms with Gasteiger partial charge in [0.25, 0.3) is 0 Å². The highest BCUT2D eigenvalue weighted by molar-refractivity contribution is 9.10. The summed E-state index contributed by atoms with van der Waals surface area (Å²) in [7, 11) is 0. The molecule has 1 heterocycles. The van der Waals surface area contributed by atoms with E-state index in [4.69, 9.17) is 10.3 Å². The largest absolute Gasteiger partial charge is 0.339 e. The number of nitrogens with two attached hydrogens (primary N) is 1. The van der Waals surface area contributed by atoms with Crippen molar-refractivity contribution in [1.82, 2.24) is 10.1 Å². The van der Waals surface area contributed by atoms with E-state index in [0.717, 1.165) is 10.0 Å². The second-order valence-corrected chi connectivity index (χ2v) is 6.61. The number of hydrogen-bond donors (Lipinski definition) is 1. The summed E-state index contributed by atoms with van der Waals surface area (Å²) in [5, 5.41) is 3.98. The Morgan fingerprint density at radius 2 is 1.89 bits per heavy atom. The third-order valence-corrected chi connectivity index (χ3v) is 3.49. The molecule has 0 saturated carbocycles. The molecule has 2 N–H and O–H groups in total. The molecule has 0 fully saturated rings. The van der Waals surface area contributed by atoms with Crippen LogP contribution < -0.4 is 5.73 Å². The summed E-state index contributed by atoms with van der Waals surface area (Å²) in [5.74, 6) is 1.16. The average molecular weight is 324 g/mol. The van der Waals surface area contributed by atoms with E-state index in [1.807, 2.05) is 24.3 Å². The number of rotatable bonds is 3. The molecule has 0 radical (unpaired) electrons. The summed E-state index contributed by atoms with van der Waals surface area (Å²) in [6.45, 7) is 6.17. The highest BCUT2D eigenvalue weighted by Gasteiger charge is 2.26. The van der Waals surface area contributed by atoms with Crippen LogP contribution in [0.4, 0.5) is 0 Å². The quantitative estimate of drug-likeness (QED) is 0.939. The van der Waals surface area contributed by atoms with Crippen LogP contribution in [0.1, 0.15) is 44.1 Å². The third-order valence-electron chi connectivity index (χ3n) is 2.96. The summed E-state index contributed by atoms with van der Waals surface area (Å²) < 4.78 is 6.32. The predicted molar refractivity (Wildman–Crippen MR) is 77.6 cm³/mol. The van der Waals surface area contributed by atoms with Crippen LogP contribution in [0.15, 0.2) is 33.3 Å². The topological polar surface area (TPSA) is 64.9 Å². The van der Waals surface area contributed by atoms with E-state index >= 15 is 0 Å². The van der Waals surface area contributed by atoms with Crippen molar-refractivity contribution in [3.05, 3.63) is 46.0 Å². The van der Waals surface area contributed by atoms with Crippen LogP contribution >= 0.6 is 15.9 Å². The molecule has 102 valence electrons. The monoisotopic (exact) mass is 323 g/mol. The Balaban J connectivity index is 2.11. The maximum Gasteiger partial charge on any atom is 0.231 e. The van der Waals surface area contributed by atoms with Gasteiger partial charge in [0.1, 0.15) is 0 Å². The summed E-state index contributed by atoms with van der Waals surface area (Å²) in [4.78, 5) is 4.38. The minimum Gasteiger partial charge on any atom is -0.339 e. The van der Waals surface area contributed by atoms with E-state index < -0.39 is 0 Å². The zero-order valence-electron chi connectivity index (χ0n) is 11.4. The fourth-order valence-corrected chi connectivity index (χ4v) is 1.89. The summed E-state index contributed by atoms with van der Waals surface area (Å²) >= 11 is 3.41. The minimum absolute atomic E-state index is 0.0846. The van der Waals surface area contributed by atoms with Crippen LogP contribution in [-0.4, -0.2) is 10.1 Å². The van der Waals surface area contributed by atoms with Gasteiger partial charge in [-0.3, -0.25) is 0 Å². The molecular weight excluding hydrogens is 306 g/mol. The molecule has 1 unspecified atom stereocenters. The van der Waals surface area contributed by atoms with Gasteiger partial charge in [0.15, 0.2) is 5.82 Å². The highest BCUT2D eigenvalue weighted by Crippen LogP contribution is 2.28. The van der Waals surface area contributed by atoms with Gasteiger partial charge in [0, 0.05) is 4.47 Å². The molecule has 2 aromatic rings. The highest BCUT2D eigenvalue weighted by atomic mass is 79.9. The Morgan fingerprint density at radius 1 is 1.26 bits per heavy atom. The first-order valence-corrected chi connectivity index (χ1v) is 6.98. The summed E-state index contributed by atoms with van der Waals surface area (Å²) in [5.41, 5.74) is 7.15. The smallest absolute Gasteiger partial charge is 0.231 e. The molecule has 1 atom stereocenters. The lowest BCUT2D eigenvalue weighted by atomic mass is 9.87. The molecule has 4 nitrogen and oxygen atoms in total. The molecule has 0 amide bonds. The Morgan fingerprint density at radius 3 is 2.47 bits per heavy atom. The van der Waals surface area contributed by atoms with Crippen molar-refractivity contribution >= 4 is 15.9 Å². The first-order chi connectivity index (χ1) is 8.86. The van der Waals surface area contributed by atoms with E-state index in [2.05, 4.69) is 46.8 Å². The van der Waals surface area contributed by atoms with Crippen molar-refractivity contribution in [2.75, 3.05) is 0 Å². The third kappa shape index (κ3) is 3.64. The van der Waals surface area contributed by atoms with Crippen LogP contribution in [0.5, 0.6) is 0 Å². The molecule has 1 aromatic heterocycles. The first-order valence-electron chi connectivity index (χ1n) is 6.19. The van der Waals surface area contributed by atoms with Gasteiger partial charge in [-0.05, 0) is 23.1 Å². The van der Waals surface area contributed by atoms with Gasteiger partial charge in [0.05, 0.1) is 12.5 Å². The van der Waals surface area contributed by atoms with Crippen molar-refractivity contribution in [1.29, 1.82) is 0 Å². The zero-order valence-corrected chi connectivity index (χ0v) is 12.9. The van der Waals surface area contributed by atoms with Crippen molar-refractivity contribution in [2.24, 2.45) is 11.1 Å². The van der Waals surface area contributed by atoms with Crippen LogP contribution in [0.3, 0.4) is 0 Å². The standard InChI is InChI=1S/C14H18BrN3O/c1-14(2,3)12(16)13-17-11(19-18-13)8-9-4-6-10(15)7-5-9/h4-7,12H,8,16H2,1-3H3. The maximum atomic E-state index is 6.11. The van der Waals surface area contributed by atoms with Gasteiger partial charge in [0.2, 0.25) is 5.89 Å². The fourth-order valence-electron chi connectivity index (χ4n) is 1.63. The number of benzene rings is 1. The van der Waals surface area contributed by atoms with Crippen molar-refractivity contribution < 1.29 is 4.52 Å². The molecule has 2 rings (SSSR count). The molecule has 0 aliphatic rings. The van der Waals surface area contributed by atoms with Crippen LogP contribution in [0.2, 0.25) is 0 Å². The molecule has 0 aliphatic carbocycles. The summed E-state index contributed by atoms with van der Waals surface area (Å²) in [6, 6.07) is 7.81. The zero-order chi connectivity index (χ0) is 14.0. The normalized spacial score (nSPS) is 13.5. The van der Waals surface area contributed by atoms with Gasteiger partial charge < -0.3 is 10.3 Å². The van der Waals surface area contributed by atoms with E-state index in [1.165, 1.54) is 0 Å². The molecule has 1 aromatic carbocycles. The Kier molecular flexibility index (Phi) is 4.06. The molecule has 0 spiro atoms. The lowest BCUT2D eigenvalue weighted by Crippen LogP contribution is -2.27. The van der Waals surface area contributed by atoms with E-state index in [-0.39, 0.29) is 11.5 Å². The minimum atomic E-state index is -0.227. The second kappa shape index (κ2) is 5.43. The lowest BCUT2D eigenvalue weighted by Gasteiger charge is -2.23. The molecule has 5 heteroatoms. The molecule has 0 saturated heterocycles. The Labute approximate surface area is 121 Å². The van der Waals surface area contributed by atoms with Crippen molar-refractivity contribution in [2.45, 2.75) is 33.2 Å². The van der Waals surface area contributed by atoms with Gasteiger partial charge in [-0.2, -0.15) is 4.98 Å². The predicted octanol–water partition coefficient (Wildman–Crippen LogP) is 3.47. The number of nitrogens with zero attached hydrogens (tertiary/aromatic N) is 2. The van der Waals surface area contributed by atoms with Crippen LogP contribution in [0, 0.1) is 5.41 Å². The second-order valence-electron chi connectivity index (χ2n) is 5.69. The Hall–Kier alpha value is -1.20. The average Bonchev–Trinajstić information content (AvgIpc) is 2.78. The maximum absolute atomic E-state index is 6.11. The molecule has 19 heavy (non-hydrogen) atoms. The van der Waals surface area contributed by atoms with Gasteiger partial charge in [-0.15, -0.1) is 0 Å². The number of halogens is 1. The van der Waals surface area contributed by atoms with Crippen molar-refractivity contribution in [3.8, 4) is 0 Å². The van der Waals surface area contributed by atoms with E-state index in [9.17, 15) is 0 Å². The first kappa shape index (κ1) is 14.2. The van der Waals surface area contributed by atoms with Gasteiger partial charge in [-0.1, -0.05) is 54.0 Å². The molecule has 0 aliphatic heterocycles. The summed E-state index contributed by atoms with van der Waals surface area (Å²) in [6.07, 6.45) is 0.622. The van der Waals surface area contributed by atoms with Crippen molar-refractivity contribution in [3.63, 3.8) is 0 Å². The fraction of sp³-hybridized carbons (Fsp3) is 0.429. The van der Waals surface area contributed by atoms with E-state index in [0.29, 0.717) is 18.1 Å². The number of hydrogen-bond acceptors (Lipinski definition) is 4. The van der Waals surface area contributed by atoms with Gasteiger partial charge >= 0.3 is 0 Å². The lowest BCUT2D eigenvalue weighted by molar-refractivity contribution is 0.301. The van der Waals surface area contributed by atoms with Gasteiger partial charge in [-0.25, -0.2) is 0 Å². The molecular formula is C14H18BrN3O. The van der Waals surface area contributed by atoms with Crippen LogP contribution in [0.25, 0.3) is 0 Å². The SMILES string of the molecule is CC(C)(C)C(N)c1noc(Cc2ccc(Br)cc2)n1. The Bertz CT molecular complexity index is 543. The number of aromatic nitrogens is 2.